The number of hydrogen-bond acceptors (Lipinski definition) is 2. The number of carbonyl (C=O) groups is 1. The Hall–Kier alpha value is -0.830. The molecule has 0 radical (unpaired) electrons. The molecular formula is C14H12I2N2O. The summed E-state index contributed by atoms with van der Waals surface area (Å²) in [6, 6.07) is 11.4. The molecule has 0 aromatic heterocycles. The maximum Gasteiger partial charge on any atom is 0.257 e. The summed E-state index contributed by atoms with van der Waals surface area (Å²) in [5.41, 5.74) is 8.91. The largest absolute Gasteiger partial charge is 0.397 e. The average Bonchev–Trinajstić information content (AvgIpc) is 2.36. The Kier molecular flexibility index (Phi) is 4.67. The molecule has 2 rings (SSSR count). The van der Waals surface area contributed by atoms with Crippen LogP contribution in [0.3, 0.4) is 0 Å². The molecule has 3 N–H and O–H groups in total. The number of halogens is 2. The van der Waals surface area contributed by atoms with Gasteiger partial charge in [-0.05, 0) is 76.4 Å². The molecule has 0 bridgehead atoms. The first-order chi connectivity index (χ1) is 8.97. The van der Waals surface area contributed by atoms with Gasteiger partial charge in [-0.1, -0.05) is 17.7 Å². The maximum absolute atomic E-state index is 12.2. The zero-order valence-corrected chi connectivity index (χ0v) is 14.5. The first-order valence-corrected chi connectivity index (χ1v) is 7.75. The molecule has 0 spiro atoms. The number of benzene rings is 2. The van der Waals surface area contributed by atoms with Crippen molar-refractivity contribution in [2.75, 3.05) is 11.1 Å². The van der Waals surface area contributed by atoms with Gasteiger partial charge >= 0.3 is 0 Å². The van der Waals surface area contributed by atoms with Crippen molar-refractivity contribution >= 4 is 62.5 Å². The quantitative estimate of drug-likeness (QED) is 0.506. The van der Waals surface area contributed by atoms with E-state index in [1.807, 2.05) is 37.3 Å². The fourth-order valence-electron chi connectivity index (χ4n) is 1.61. The third kappa shape index (κ3) is 3.59. The van der Waals surface area contributed by atoms with Crippen molar-refractivity contribution in [3.8, 4) is 0 Å². The molecule has 3 nitrogen and oxygen atoms in total. The fraction of sp³-hybridized carbons (Fsp3) is 0.0714. The van der Waals surface area contributed by atoms with E-state index >= 15 is 0 Å². The first kappa shape index (κ1) is 14.6. The van der Waals surface area contributed by atoms with Crippen LogP contribution in [-0.2, 0) is 0 Å². The van der Waals surface area contributed by atoms with Crippen LogP contribution in [-0.4, -0.2) is 5.91 Å². The van der Waals surface area contributed by atoms with E-state index in [1.54, 1.807) is 6.07 Å². The average molecular weight is 478 g/mol. The number of carbonyl (C=O) groups excluding carboxylic acids is 1. The molecule has 0 aliphatic rings. The Morgan fingerprint density at radius 1 is 1.16 bits per heavy atom. The summed E-state index contributed by atoms with van der Waals surface area (Å²) in [5.74, 6) is -0.183. The minimum atomic E-state index is -0.183. The van der Waals surface area contributed by atoms with Crippen molar-refractivity contribution in [1.82, 2.24) is 0 Å². The van der Waals surface area contributed by atoms with Crippen LogP contribution in [0.4, 0.5) is 11.4 Å². The number of nitrogens with one attached hydrogen (secondary N) is 1. The summed E-state index contributed by atoms with van der Waals surface area (Å²) in [7, 11) is 0. The second kappa shape index (κ2) is 6.08. The molecule has 2 aromatic carbocycles. The van der Waals surface area contributed by atoms with Crippen LogP contribution in [0.1, 0.15) is 15.9 Å². The van der Waals surface area contributed by atoms with Crippen molar-refractivity contribution < 1.29 is 4.79 Å². The molecule has 0 saturated heterocycles. The lowest BCUT2D eigenvalue weighted by molar-refractivity contribution is 0.102. The molecular weight excluding hydrogens is 466 g/mol. The van der Waals surface area contributed by atoms with Crippen LogP contribution in [0.25, 0.3) is 0 Å². The van der Waals surface area contributed by atoms with Crippen molar-refractivity contribution in [2.45, 2.75) is 6.92 Å². The predicted octanol–water partition coefficient (Wildman–Crippen LogP) is 4.04. The number of rotatable bonds is 2. The number of nitrogens with two attached hydrogens (primary N) is 1. The van der Waals surface area contributed by atoms with Gasteiger partial charge in [0.2, 0.25) is 0 Å². The van der Waals surface area contributed by atoms with Crippen LogP contribution >= 0.6 is 45.2 Å². The Labute approximate surface area is 139 Å². The lowest BCUT2D eigenvalue weighted by atomic mass is 10.1. The topological polar surface area (TPSA) is 55.1 Å². The number of aryl methyl sites for hydroxylation is 1. The minimum Gasteiger partial charge on any atom is -0.397 e. The van der Waals surface area contributed by atoms with Gasteiger partial charge in [0.05, 0.1) is 11.3 Å². The third-order valence-corrected chi connectivity index (χ3v) is 4.16. The van der Waals surface area contributed by atoms with E-state index in [0.717, 1.165) is 18.4 Å². The van der Waals surface area contributed by atoms with Crippen molar-refractivity contribution in [3.63, 3.8) is 0 Å². The molecule has 2 aromatic rings. The third-order valence-electron chi connectivity index (χ3n) is 2.65. The lowest BCUT2D eigenvalue weighted by Gasteiger charge is -2.10. The highest BCUT2D eigenvalue weighted by molar-refractivity contribution is 14.1. The summed E-state index contributed by atoms with van der Waals surface area (Å²) in [6.07, 6.45) is 0. The summed E-state index contributed by atoms with van der Waals surface area (Å²) in [4.78, 5) is 12.2. The molecule has 0 atom stereocenters. The Bertz CT molecular complexity index is 624. The number of anilines is 2. The van der Waals surface area contributed by atoms with E-state index < -0.39 is 0 Å². The molecule has 0 aliphatic carbocycles. The molecule has 0 heterocycles. The molecule has 0 aliphatic heterocycles. The SMILES string of the molecule is Cc1ccc(NC(=O)c2cc(I)cc(I)c2N)cc1. The smallest absolute Gasteiger partial charge is 0.257 e. The summed E-state index contributed by atoms with van der Waals surface area (Å²) in [6.45, 7) is 2.01. The lowest BCUT2D eigenvalue weighted by Crippen LogP contribution is -2.15. The highest BCUT2D eigenvalue weighted by Gasteiger charge is 2.13. The van der Waals surface area contributed by atoms with Crippen LogP contribution in [0.15, 0.2) is 36.4 Å². The van der Waals surface area contributed by atoms with E-state index in [1.165, 1.54) is 0 Å². The zero-order valence-electron chi connectivity index (χ0n) is 10.2. The van der Waals surface area contributed by atoms with Crippen molar-refractivity contribution in [2.24, 2.45) is 0 Å². The van der Waals surface area contributed by atoms with Gasteiger partial charge in [0.15, 0.2) is 0 Å². The van der Waals surface area contributed by atoms with Gasteiger partial charge < -0.3 is 11.1 Å². The molecule has 1 amide bonds. The summed E-state index contributed by atoms with van der Waals surface area (Å²) in [5, 5.41) is 2.86. The van der Waals surface area contributed by atoms with E-state index in [9.17, 15) is 4.79 Å². The maximum atomic E-state index is 12.2. The normalized spacial score (nSPS) is 10.3. The van der Waals surface area contributed by atoms with Gasteiger partial charge in [-0.3, -0.25) is 4.79 Å². The van der Waals surface area contributed by atoms with E-state index in [4.69, 9.17) is 5.73 Å². The zero-order chi connectivity index (χ0) is 14.0. The van der Waals surface area contributed by atoms with Gasteiger partial charge in [0.25, 0.3) is 5.91 Å². The fourth-order valence-corrected chi connectivity index (χ4v) is 3.45. The minimum absolute atomic E-state index is 0.183. The number of nitrogen functional groups attached to an aromatic ring is 1. The Morgan fingerprint density at radius 3 is 2.42 bits per heavy atom. The van der Waals surface area contributed by atoms with E-state index in [0.29, 0.717) is 11.3 Å². The monoisotopic (exact) mass is 478 g/mol. The first-order valence-electron chi connectivity index (χ1n) is 5.60. The number of hydrogen-bond donors (Lipinski definition) is 2. The van der Waals surface area contributed by atoms with Crippen molar-refractivity contribution in [3.05, 3.63) is 54.7 Å². The molecule has 0 saturated carbocycles. The van der Waals surface area contributed by atoms with Gasteiger partial charge in [0.1, 0.15) is 0 Å². The molecule has 98 valence electrons. The summed E-state index contributed by atoms with van der Waals surface area (Å²) >= 11 is 4.31. The van der Waals surface area contributed by atoms with Gasteiger partial charge in [-0.2, -0.15) is 0 Å². The summed E-state index contributed by atoms with van der Waals surface area (Å²) < 4.78 is 1.88. The Morgan fingerprint density at radius 2 is 1.79 bits per heavy atom. The predicted molar refractivity (Wildman–Crippen MR) is 95.4 cm³/mol. The van der Waals surface area contributed by atoms with Crippen LogP contribution in [0.5, 0.6) is 0 Å². The highest BCUT2D eigenvalue weighted by atomic mass is 127. The Balaban J connectivity index is 2.27. The molecule has 0 fully saturated rings. The second-order valence-electron chi connectivity index (χ2n) is 4.17. The van der Waals surface area contributed by atoms with Gasteiger partial charge in [-0.25, -0.2) is 0 Å². The highest BCUT2D eigenvalue weighted by Crippen LogP contribution is 2.24. The van der Waals surface area contributed by atoms with Crippen molar-refractivity contribution in [1.29, 1.82) is 0 Å². The van der Waals surface area contributed by atoms with Crippen LogP contribution in [0, 0.1) is 14.1 Å². The van der Waals surface area contributed by atoms with E-state index in [-0.39, 0.29) is 5.91 Å². The van der Waals surface area contributed by atoms with Crippen LogP contribution in [0.2, 0.25) is 0 Å². The number of amides is 1. The van der Waals surface area contributed by atoms with E-state index in [2.05, 4.69) is 50.5 Å². The van der Waals surface area contributed by atoms with Crippen LogP contribution < -0.4 is 11.1 Å². The van der Waals surface area contributed by atoms with Gasteiger partial charge in [0, 0.05) is 12.8 Å². The standard InChI is InChI=1S/C14H12I2N2O/c1-8-2-4-10(5-3-8)18-14(19)11-6-9(15)7-12(16)13(11)17/h2-7H,17H2,1H3,(H,18,19). The molecule has 19 heavy (non-hydrogen) atoms. The van der Waals surface area contributed by atoms with Gasteiger partial charge in [-0.15, -0.1) is 0 Å². The molecule has 5 heteroatoms. The second-order valence-corrected chi connectivity index (χ2v) is 6.58. The molecule has 0 unspecified atom stereocenters.